The minimum absolute atomic E-state index is 0.119. The van der Waals surface area contributed by atoms with Crippen molar-refractivity contribution in [2.24, 2.45) is 0 Å². The fourth-order valence-corrected chi connectivity index (χ4v) is 3.12. The number of ether oxygens (including phenoxy) is 1. The molecule has 0 saturated heterocycles. The van der Waals surface area contributed by atoms with Crippen LogP contribution in [0.2, 0.25) is 0 Å². The highest BCUT2D eigenvalue weighted by Crippen LogP contribution is 2.31. The molecule has 0 aliphatic heterocycles. The van der Waals surface area contributed by atoms with E-state index in [1.54, 1.807) is 0 Å². The monoisotopic (exact) mass is 372 g/mol. The third-order valence-electron chi connectivity index (χ3n) is 4.40. The van der Waals surface area contributed by atoms with E-state index in [9.17, 15) is 14.7 Å². The van der Waals surface area contributed by atoms with E-state index in [2.05, 4.69) is 0 Å². The number of rotatable bonds is 6. The molecule has 0 atom stereocenters. The average Bonchev–Trinajstić information content (AvgIpc) is 2.74. The van der Waals surface area contributed by atoms with Crippen LogP contribution in [-0.2, 0) is 14.3 Å². The normalized spacial score (nSPS) is 11.5. The smallest absolute Gasteiger partial charge is 0.334 e. The second kappa shape index (κ2) is 8.82. The van der Waals surface area contributed by atoms with Gasteiger partial charge in [-0.05, 0) is 27.8 Å². The number of carbonyl (C=O) groups excluding carboxylic acids is 1. The molecule has 0 radical (unpaired) electrons. The second-order valence-electron chi connectivity index (χ2n) is 6.23. The van der Waals surface area contributed by atoms with Crippen LogP contribution in [-0.4, -0.2) is 24.2 Å². The topological polar surface area (TPSA) is 63.6 Å². The van der Waals surface area contributed by atoms with Gasteiger partial charge in [-0.1, -0.05) is 84.9 Å². The standard InChI is InChI=1S/C24H20O4/c1-28-24(27)21(16-22(25)26)23(19-10-6-3-7-11-19)20-14-12-18(13-15-20)17-8-4-2-5-9-17/h2-15H,16H2,1H3,(H,25,26). The summed E-state index contributed by atoms with van der Waals surface area (Å²) in [5.74, 6) is -1.73. The van der Waals surface area contributed by atoms with Crippen LogP contribution >= 0.6 is 0 Å². The van der Waals surface area contributed by atoms with Crippen molar-refractivity contribution in [1.82, 2.24) is 0 Å². The number of hydrogen-bond acceptors (Lipinski definition) is 3. The van der Waals surface area contributed by atoms with E-state index in [1.165, 1.54) is 7.11 Å². The number of carboxylic acids is 1. The molecule has 3 aromatic rings. The van der Waals surface area contributed by atoms with Crippen LogP contribution in [0.5, 0.6) is 0 Å². The van der Waals surface area contributed by atoms with E-state index in [1.807, 2.05) is 84.9 Å². The molecule has 140 valence electrons. The van der Waals surface area contributed by atoms with Crippen molar-refractivity contribution in [3.8, 4) is 11.1 Å². The van der Waals surface area contributed by atoms with Gasteiger partial charge in [-0.3, -0.25) is 4.79 Å². The summed E-state index contributed by atoms with van der Waals surface area (Å²) in [6.07, 6.45) is -0.419. The molecule has 1 N–H and O–H groups in total. The van der Waals surface area contributed by atoms with Crippen molar-refractivity contribution in [2.75, 3.05) is 7.11 Å². The van der Waals surface area contributed by atoms with Crippen LogP contribution in [0.3, 0.4) is 0 Å². The van der Waals surface area contributed by atoms with Gasteiger partial charge in [0.1, 0.15) is 0 Å². The SMILES string of the molecule is COC(=O)C(CC(=O)O)=C(c1ccccc1)c1ccc(-c2ccccc2)cc1. The van der Waals surface area contributed by atoms with Crippen molar-refractivity contribution in [2.45, 2.75) is 6.42 Å². The first kappa shape index (κ1) is 19.1. The molecular formula is C24H20O4. The van der Waals surface area contributed by atoms with E-state index in [0.29, 0.717) is 5.57 Å². The van der Waals surface area contributed by atoms with E-state index in [-0.39, 0.29) is 5.57 Å². The zero-order valence-electron chi connectivity index (χ0n) is 15.5. The molecule has 0 fully saturated rings. The number of carboxylic acid groups (broad SMARTS) is 1. The lowest BCUT2D eigenvalue weighted by atomic mass is 9.90. The molecule has 0 heterocycles. The van der Waals surface area contributed by atoms with E-state index < -0.39 is 18.4 Å². The van der Waals surface area contributed by atoms with Crippen molar-refractivity contribution < 1.29 is 19.4 Å². The number of hydrogen-bond donors (Lipinski definition) is 1. The van der Waals surface area contributed by atoms with Gasteiger partial charge in [0.05, 0.1) is 19.1 Å². The molecule has 0 saturated carbocycles. The zero-order valence-corrected chi connectivity index (χ0v) is 15.5. The number of methoxy groups -OCH3 is 1. The predicted molar refractivity (Wildman–Crippen MR) is 109 cm³/mol. The lowest BCUT2D eigenvalue weighted by Gasteiger charge is -2.15. The van der Waals surface area contributed by atoms with Crippen LogP contribution in [0.25, 0.3) is 16.7 Å². The van der Waals surface area contributed by atoms with Crippen molar-refractivity contribution in [1.29, 1.82) is 0 Å². The summed E-state index contributed by atoms with van der Waals surface area (Å²) in [4.78, 5) is 23.8. The third kappa shape index (κ3) is 4.35. The van der Waals surface area contributed by atoms with Gasteiger partial charge < -0.3 is 9.84 Å². The third-order valence-corrected chi connectivity index (χ3v) is 4.40. The maximum Gasteiger partial charge on any atom is 0.334 e. The molecule has 0 aliphatic rings. The lowest BCUT2D eigenvalue weighted by molar-refractivity contribution is -0.141. The van der Waals surface area contributed by atoms with Crippen molar-refractivity contribution in [3.05, 3.63) is 102 Å². The van der Waals surface area contributed by atoms with Crippen LogP contribution in [0.4, 0.5) is 0 Å². The molecule has 0 unspecified atom stereocenters. The molecule has 4 nitrogen and oxygen atoms in total. The summed E-state index contributed by atoms with van der Waals surface area (Å²) < 4.78 is 4.87. The first-order valence-corrected chi connectivity index (χ1v) is 8.84. The molecule has 0 aliphatic carbocycles. The second-order valence-corrected chi connectivity index (χ2v) is 6.23. The molecular weight excluding hydrogens is 352 g/mol. The summed E-state index contributed by atoms with van der Waals surface area (Å²) in [7, 11) is 1.26. The van der Waals surface area contributed by atoms with E-state index in [0.717, 1.165) is 22.3 Å². The van der Waals surface area contributed by atoms with Crippen LogP contribution < -0.4 is 0 Å². The summed E-state index contributed by atoms with van der Waals surface area (Å²) in [5, 5.41) is 9.32. The molecule has 0 bridgehead atoms. The molecule has 0 aromatic heterocycles. The Morgan fingerprint density at radius 1 is 0.750 bits per heavy atom. The Balaban J connectivity index is 2.15. The maximum atomic E-state index is 12.4. The fourth-order valence-electron chi connectivity index (χ4n) is 3.12. The van der Waals surface area contributed by atoms with Crippen LogP contribution in [0, 0.1) is 0 Å². The quantitative estimate of drug-likeness (QED) is 0.498. The Hall–Kier alpha value is -3.66. The molecule has 28 heavy (non-hydrogen) atoms. The molecule has 3 rings (SSSR count). The van der Waals surface area contributed by atoms with Crippen molar-refractivity contribution >= 4 is 17.5 Å². The Kier molecular flexibility index (Phi) is 6.02. The number of carbonyl (C=O) groups is 2. The van der Waals surface area contributed by atoms with Gasteiger partial charge in [0.25, 0.3) is 0 Å². The van der Waals surface area contributed by atoms with Gasteiger partial charge in [-0.2, -0.15) is 0 Å². The summed E-state index contributed by atoms with van der Waals surface area (Å²) >= 11 is 0. The lowest BCUT2D eigenvalue weighted by Crippen LogP contribution is -2.12. The highest BCUT2D eigenvalue weighted by molar-refractivity contribution is 6.04. The average molecular weight is 372 g/mol. The Labute approximate surface area is 163 Å². The van der Waals surface area contributed by atoms with Crippen LogP contribution in [0.15, 0.2) is 90.5 Å². The number of esters is 1. The Morgan fingerprint density at radius 3 is 1.79 bits per heavy atom. The predicted octanol–water partition coefficient (Wildman–Crippen LogP) is 4.80. The first-order chi connectivity index (χ1) is 13.6. The minimum Gasteiger partial charge on any atom is -0.481 e. The first-order valence-electron chi connectivity index (χ1n) is 8.84. The zero-order chi connectivity index (χ0) is 19.9. The molecule has 0 spiro atoms. The van der Waals surface area contributed by atoms with Gasteiger partial charge in [0, 0.05) is 0 Å². The van der Waals surface area contributed by atoms with Gasteiger partial charge in [-0.25, -0.2) is 4.79 Å². The highest BCUT2D eigenvalue weighted by atomic mass is 16.5. The van der Waals surface area contributed by atoms with Gasteiger partial charge in [0.15, 0.2) is 0 Å². The van der Waals surface area contributed by atoms with Crippen molar-refractivity contribution in [3.63, 3.8) is 0 Å². The summed E-state index contributed by atoms with van der Waals surface area (Å²) in [5.41, 5.74) is 4.32. The van der Waals surface area contributed by atoms with Gasteiger partial charge in [-0.15, -0.1) is 0 Å². The van der Waals surface area contributed by atoms with Gasteiger partial charge in [0.2, 0.25) is 0 Å². The number of aliphatic carboxylic acids is 1. The summed E-state index contributed by atoms with van der Waals surface area (Å²) in [6.45, 7) is 0. The fraction of sp³-hybridized carbons (Fsp3) is 0.0833. The maximum absolute atomic E-state index is 12.4. The highest BCUT2D eigenvalue weighted by Gasteiger charge is 2.21. The van der Waals surface area contributed by atoms with Crippen LogP contribution in [0.1, 0.15) is 17.5 Å². The molecule has 4 heteroatoms. The Bertz CT molecular complexity index is 988. The molecule has 0 amide bonds. The van der Waals surface area contributed by atoms with E-state index >= 15 is 0 Å². The van der Waals surface area contributed by atoms with Gasteiger partial charge >= 0.3 is 11.9 Å². The minimum atomic E-state index is -1.09. The number of benzene rings is 3. The summed E-state index contributed by atoms with van der Waals surface area (Å²) in [6, 6.07) is 26.9. The van der Waals surface area contributed by atoms with E-state index in [4.69, 9.17) is 4.74 Å². The largest absolute Gasteiger partial charge is 0.481 e. The molecule has 3 aromatic carbocycles. The Morgan fingerprint density at radius 2 is 1.25 bits per heavy atom.